The summed E-state index contributed by atoms with van der Waals surface area (Å²) in [6, 6.07) is 5.93. The zero-order valence-electron chi connectivity index (χ0n) is 10.7. The van der Waals surface area contributed by atoms with Crippen molar-refractivity contribution in [1.82, 2.24) is 5.01 Å². The molecule has 0 aliphatic carbocycles. The van der Waals surface area contributed by atoms with Crippen molar-refractivity contribution >= 4 is 23.5 Å². The highest BCUT2D eigenvalue weighted by atomic mass is 16.4. The third kappa shape index (κ3) is 2.16. The van der Waals surface area contributed by atoms with Crippen LogP contribution < -0.4 is 5.01 Å². The quantitative estimate of drug-likeness (QED) is 0.874. The highest BCUT2D eigenvalue weighted by Crippen LogP contribution is 2.30. The maximum atomic E-state index is 12.0. The molecule has 0 saturated heterocycles. The Morgan fingerprint density at radius 2 is 2.00 bits per heavy atom. The van der Waals surface area contributed by atoms with Crippen molar-refractivity contribution in [3.05, 3.63) is 29.8 Å². The van der Waals surface area contributed by atoms with Crippen molar-refractivity contribution in [3.63, 3.8) is 0 Å². The number of hydrazine groups is 1. The second-order valence-corrected chi connectivity index (χ2v) is 4.39. The summed E-state index contributed by atoms with van der Waals surface area (Å²) in [6.07, 6.45) is 0.173. The lowest BCUT2D eigenvalue weighted by atomic mass is 10.2. The fraction of sp³-hybridized carbons (Fsp3) is 0.308. The van der Waals surface area contributed by atoms with Gasteiger partial charge in [0, 0.05) is 6.92 Å². The minimum atomic E-state index is -1.16. The first-order valence-corrected chi connectivity index (χ1v) is 5.87. The largest absolute Gasteiger partial charge is 0.480 e. The predicted molar refractivity (Wildman–Crippen MR) is 67.2 cm³/mol. The number of carbonyl (C=O) groups is 3. The highest BCUT2D eigenvalue weighted by Gasteiger charge is 2.37. The molecule has 1 aromatic carbocycles. The molecule has 100 valence electrons. The molecule has 1 heterocycles. The van der Waals surface area contributed by atoms with Crippen LogP contribution in [0.1, 0.15) is 19.4 Å². The number of hydrogen-bond donors (Lipinski definition) is 1. The van der Waals surface area contributed by atoms with Crippen LogP contribution >= 0.6 is 0 Å². The van der Waals surface area contributed by atoms with Gasteiger partial charge < -0.3 is 5.11 Å². The lowest BCUT2D eigenvalue weighted by molar-refractivity contribution is -0.150. The maximum absolute atomic E-state index is 12.0. The van der Waals surface area contributed by atoms with Crippen LogP contribution in [0.25, 0.3) is 0 Å². The van der Waals surface area contributed by atoms with Gasteiger partial charge in [-0.05, 0) is 18.6 Å². The zero-order valence-corrected chi connectivity index (χ0v) is 10.7. The van der Waals surface area contributed by atoms with E-state index in [0.29, 0.717) is 5.69 Å². The topological polar surface area (TPSA) is 77.9 Å². The molecule has 0 bridgehead atoms. The molecule has 0 spiro atoms. The summed E-state index contributed by atoms with van der Waals surface area (Å²) in [4.78, 5) is 34.8. The van der Waals surface area contributed by atoms with Crippen LogP contribution in [0.5, 0.6) is 0 Å². The van der Waals surface area contributed by atoms with E-state index >= 15 is 0 Å². The minimum absolute atomic E-state index is 0.173. The van der Waals surface area contributed by atoms with Gasteiger partial charge in [-0.25, -0.2) is 14.8 Å². The van der Waals surface area contributed by atoms with Gasteiger partial charge in [-0.3, -0.25) is 9.59 Å². The third-order valence-corrected chi connectivity index (χ3v) is 3.06. The van der Waals surface area contributed by atoms with Gasteiger partial charge in [0.05, 0.1) is 12.1 Å². The molecule has 6 nitrogen and oxygen atoms in total. The molecule has 0 radical (unpaired) electrons. The van der Waals surface area contributed by atoms with Gasteiger partial charge in [0.25, 0.3) is 0 Å². The Balaban J connectivity index is 2.46. The fourth-order valence-electron chi connectivity index (χ4n) is 2.17. The van der Waals surface area contributed by atoms with E-state index in [-0.39, 0.29) is 12.3 Å². The summed E-state index contributed by atoms with van der Waals surface area (Å²) in [5, 5.41) is 11.2. The molecule has 0 fully saturated rings. The van der Waals surface area contributed by atoms with Gasteiger partial charge in [-0.15, -0.1) is 0 Å². The predicted octanol–water partition coefficient (Wildman–Crippen LogP) is 0.812. The van der Waals surface area contributed by atoms with E-state index in [0.717, 1.165) is 15.6 Å². The second kappa shape index (κ2) is 4.72. The van der Waals surface area contributed by atoms with E-state index in [1.54, 1.807) is 24.3 Å². The molecule has 19 heavy (non-hydrogen) atoms. The molecule has 1 N–H and O–H groups in total. The summed E-state index contributed by atoms with van der Waals surface area (Å²) in [5.41, 5.74) is 1.35. The molecule has 0 unspecified atom stereocenters. The van der Waals surface area contributed by atoms with E-state index in [4.69, 9.17) is 5.11 Å². The molecule has 1 aliphatic rings. The van der Waals surface area contributed by atoms with Crippen molar-refractivity contribution in [1.29, 1.82) is 0 Å². The number of benzene rings is 1. The summed E-state index contributed by atoms with van der Waals surface area (Å²) in [7, 11) is 0. The Morgan fingerprint density at radius 1 is 1.37 bits per heavy atom. The maximum Gasteiger partial charge on any atom is 0.328 e. The highest BCUT2D eigenvalue weighted by molar-refractivity contribution is 6.03. The lowest BCUT2D eigenvalue weighted by Gasteiger charge is -2.34. The van der Waals surface area contributed by atoms with E-state index in [1.807, 2.05) is 0 Å². The Morgan fingerprint density at radius 3 is 2.58 bits per heavy atom. The average molecular weight is 262 g/mol. The molecule has 1 aliphatic heterocycles. The lowest BCUT2D eigenvalue weighted by Crippen LogP contribution is -2.54. The first-order valence-electron chi connectivity index (χ1n) is 5.87. The number of hydrogen-bond acceptors (Lipinski definition) is 3. The van der Waals surface area contributed by atoms with Gasteiger partial charge in [-0.1, -0.05) is 18.2 Å². The smallest absolute Gasteiger partial charge is 0.328 e. The summed E-state index contributed by atoms with van der Waals surface area (Å²) in [6.45, 7) is 2.62. The molecule has 1 atom stereocenters. The molecule has 2 amide bonds. The van der Waals surface area contributed by atoms with Crippen molar-refractivity contribution < 1.29 is 19.5 Å². The van der Waals surface area contributed by atoms with Crippen LogP contribution in [0.2, 0.25) is 0 Å². The Bertz CT molecular complexity index is 555. The zero-order chi connectivity index (χ0) is 14.2. The monoisotopic (exact) mass is 262 g/mol. The van der Waals surface area contributed by atoms with E-state index < -0.39 is 17.9 Å². The molecule has 0 aromatic heterocycles. The van der Waals surface area contributed by atoms with Gasteiger partial charge in [-0.2, -0.15) is 0 Å². The number of fused-ring (bicyclic) bond motifs is 1. The summed E-state index contributed by atoms with van der Waals surface area (Å²) < 4.78 is 0. The first kappa shape index (κ1) is 13.1. The molecule has 2 rings (SSSR count). The second-order valence-electron chi connectivity index (χ2n) is 4.39. The number of carboxylic acid groups (broad SMARTS) is 1. The van der Waals surface area contributed by atoms with Crippen LogP contribution in [-0.4, -0.2) is 33.9 Å². The number of rotatable bonds is 3. The van der Waals surface area contributed by atoms with E-state index in [2.05, 4.69) is 0 Å². The summed E-state index contributed by atoms with van der Waals surface area (Å²) in [5.74, 6) is -1.95. The Hall–Kier alpha value is -2.37. The summed E-state index contributed by atoms with van der Waals surface area (Å²) >= 11 is 0. The third-order valence-electron chi connectivity index (χ3n) is 3.06. The van der Waals surface area contributed by atoms with Gasteiger partial charge in [0.1, 0.15) is 6.04 Å². The SMILES string of the molecule is CC(=O)N([C@@H](C)C(=O)O)N1C(=O)Cc2ccccc21. The Kier molecular flexibility index (Phi) is 3.25. The normalized spacial score (nSPS) is 15.1. The first-order chi connectivity index (χ1) is 8.93. The molecule has 0 saturated carbocycles. The van der Waals surface area contributed by atoms with Crippen molar-refractivity contribution in [2.75, 3.05) is 5.01 Å². The van der Waals surface area contributed by atoms with Gasteiger partial charge >= 0.3 is 5.97 Å². The number of nitrogens with zero attached hydrogens (tertiary/aromatic N) is 2. The van der Waals surface area contributed by atoms with E-state index in [9.17, 15) is 14.4 Å². The van der Waals surface area contributed by atoms with Crippen LogP contribution in [-0.2, 0) is 20.8 Å². The average Bonchev–Trinajstić information content (AvgIpc) is 2.66. The number of para-hydroxylation sites is 1. The van der Waals surface area contributed by atoms with Crippen LogP contribution in [0, 0.1) is 0 Å². The van der Waals surface area contributed by atoms with E-state index in [1.165, 1.54) is 13.8 Å². The van der Waals surface area contributed by atoms with Crippen molar-refractivity contribution in [2.45, 2.75) is 26.3 Å². The van der Waals surface area contributed by atoms with Gasteiger partial charge in [0.15, 0.2) is 0 Å². The minimum Gasteiger partial charge on any atom is -0.480 e. The molecule has 1 aromatic rings. The number of amides is 2. The van der Waals surface area contributed by atoms with Crippen LogP contribution in [0.3, 0.4) is 0 Å². The fourth-order valence-corrected chi connectivity index (χ4v) is 2.17. The molecule has 6 heteroatoms. The molecular formula is C13H14N2O4. The van der Waals surface area contributed by atoms with Crippen molar-refractivity contribution in [2.24, 2.45) is 0 Å². The van der Waals surface area contributed by atoms with Crippen molar-refractivity contribution in [3.8, 4) is 0 Å². The number of aliphatic carboxylic acids is 1. The standard InChI is InChI=1S/C13H14N2O4/c1-8(13(18)19)14(9(2)16)15-11-6-4-3-5-10(11)7-12(15)17/h3-6,8H,7H2,1-2H3,(H,18,19)/t8-/m0/s1. The van der Waals surface area contributed by atoms with Gasteiger partial charge in [0.2, 0.25) is 11.8 Å². The van der Waals surface area contributed by atoms with Crippen LogP contribution in [0.15, 0.2) is 24.3 Å². The molecular weight excluding hydrogens is 248 g/mol. The number of carbonyl (C=O) groups excluding carboxylic acids is 2. The number of anilines is 1. The Labute approximate surface area is 110 Å². The number of carboxylic acids is 1. The van der Waals surface area contributed by atoms with Crippen LogP contribution in [0.4, 0.5) is 5.69 Å².